The van der Waals surface area contributed by atoms with Crippen molar-refractivity contribution in [3.8, 4) is 11.5 Å². The van der Waals surface area contributed by atoms with E-state index in [9.17, 15) is 13.6 Å². The second kappa shape index (κ2) is 9.47. The maximum absolute atomic E-state index is 12.7. The number of nitrogens with zero attached hydrogens (tertiary/aromatic N) is 3. The molecule has 0 radical (unpaired) electrons. The molecule has 3 aromatic rings. The zero-order chi connectivity index (χ0) is 21.8. The molecule has 0 atom stereocenters. The van der Waals surface area contributed by atoms with Crippen molar-refractivity contribution >= 4 is 22.6 Å². The minimum absolute atomic E-state index is 0.0432. The van der Waals surface area contributed by atoms with Crippen LogP contribution < -0.4 is 10.6 Å². The molecule has 1 fully saturated rings. The number of carbonyl (C=O) groups is 1. The predicted octanol–water partition coefficient (Wildman–Crippen LogP) is 3.99. The fraction of sp³-hybridized carbons (Fsp3) is 0.455. The van der Waals surface area contributed by atoms with E-state index < -0.39 is 19.4 Å². The Balaban J connectivity index is 1.39. The number of anilines is 1. The Morgan fingerprint density at radius 3 is 2.61 bits per heavy atom. The fourth-order valence-corrected chi connectivity index (χ4v) is 3.92. The van der Waals surface area contributed by atoms with Crippen LogP contribution in [0.1, 0.15) is 31.6 Å². The van der Waals surface area contributed by atoms with E-state index >= 15 is 0 Å². The molecule has 3 heterocycles. The number of nitrogens with one attached hydrogen (secondary N) is 2. The molecule has 0 saturated heterocycles. The molecular weight excluding hydrogens is 404 g/mol. The Morgan fingerprint density at radius 1 is 1.16 bits per heavy atom. The van der Waals surface area contributed by atoms with E-state index in [0.29, 0.717) is 54.4 Å². The number of alkyl halides is 2. The summed E-state index contributed by atoms with van der Waals surface area (Å²) in [7, 11) is 0. The van der Waals surface area contributed by atoms with Gasteiger partial charge in [-0.2, -0.15) is 0 Å². The maximum atomic E-state index is 12.7. The van der Waals surface area contributed by atoms with Crippen LogP contribution in [0.15, 0.2) is 35.0 Å². The van der Waals surface area contributed by atoms with Gasteiger partial charge in [-0.05, 0) is 37.8 Å². The SMILES string of the molecule is Cc1ncc(-c2ccc3cnc(NC(=O)[C@H]4CC[C@H](NC(CF)CF)CC4)cc3n2)o1. The minimum atomic E-state index is -0.754. The molecule has 0 spiro atoms. The molecule has 31 heavy (non-hydrogen) atoms. The molecule has 1 aliphatic carbocycles. The van der Waals surface area contributed by atoms with Gasteiger partial charge in [0.1, 0.15) is 24.9 Å². The van der Waals surface area contributed by atoms with Gasteiger partial charge in [-0.1, -0.05) is 0 Å². The second-order valence-corrected chi connectivity index (χ2v) is 7.91. The molecule has 3 aromatic heterocycles. The number of aromatic nitrogens is 3. The van der Waals surface area contributed by atoms with Crippen molar-refractivity contribution in [3.05, 3.63) is 36.5 Å². The number of oxazole rings is 1. The van der Waals surface area contributed by atoms with E-state index in [2.05, 4.69) is 25.6 Å². The smallest absolute Gasteiger partial charge is 0.228 e. The second-order valence-electron chi connectivity index (χ2n) is 7.91. The Morgan fingerprint density at radius 2 is 1.94 bits per heavy atom. The van der Waals surface area contributed by atoms with E-state index in [-0.39, 0.29) is 17.9 Å². The molecule has 4 rings (SSSR count). The van der Waals surface area contributed by atoms with Crippen molar-refractivity contribution in [1.82, 2.24) is 20.3 Å². The first-order chi connectivity index (χ1) is 15.1. The van der Waals surface area contributed by atoms with Crippen LogP contribution in [0.5, 0.6) is 0 Å². The number of hydrogen-bond donors (Lipinski definition) is 2. The Labute approximate surface area is 178 Å². The molecule has 0 aliphatic heterocycles. The number of pyridine rings is 2. The third-order valence-electron chi connectivity index (χ3n) is 5.64. The lowest BCUT2D eigenvalue weighted by atomic mass is 9.85. The van der Waals surface area contributed by atoms with Gasteiger partial charge in [0.25, 0.3) is 0 Å². The van der Waals surface area contributed by atoms with Gasteiger partial charge in [0.15, 0.2) is 11.7 Å². The third-order valence-corrected chi connectivity index (χ3v) is 5.64. The number of amides is 1. The average Bonchev–Trinajstić information content (AvgIpc) is 3.23. The molecule has 0 unspecified atom stereocenters. The highest BCUT2D eigenvalue weighted by Crippen LogP contribution is 2.27. The number of fused-ring (bicyclic) bond motifs is 1. The standard InChI is InChI=1S/C22H25F2N5O2/c1-13-25-12-20(31-13)18-7-4-15-11-26-21(8-19(15)28-18)29-22(30)14-2-5-16(6-3-14)27-17(9-23)10-24/h4,7-8,11-12,14,16-17,27H,2-3,5-6,9-10H2,1H3,(H,26,29,30)/t14-,16-. The van der Waals surface area contributed by atoms with E-state index in [1.165, 1.54) is 0 Å². The first kappa shape index (κ1) is 21.3. The molecule has 0 aromatic carbocycles. The van der Waals surface area contributed by atoms with Gasteiger partial charge in [-0.3, -0.25) is 4.79 Å². The molecule has 1 aliphatic rings. The molecule has 1 amide bonds. The normalized spacial score (nSPS) is 19.1. The van der Waals surface area contributed by atoms with Crippen molar-refractivity contribution in [2.24, 2.45) is 5.92 Å². The Hall–Kier alpha value is -2.94. The number of carbonyl (C=O) groups excluding carboxylic acids is 1. The van der Waals surface area contributed by atoms with Gasteiger partial charge in [0.05, 0.1) is 17.8 Å². The summed E-state index contributed by atoms with van der Waals surface area (Å²) in [5.41, 5.74) is 1.34. The van der Waals surface area contributed by atoms with Gasteiger partial charge in [-0.15, -0.1) is 0 Å². The zero-order valence-corrected chi connectivity index (χ0v) is 17.3. The topological polar surface area (TPSA) is 92.9 Å². The monoisotopic (exact) mass is 429 g/mol. The van der Waals surface area contributed by atoms with Crippen molar-refractivity contribution in [2.45, 2.75) is 44.7 Å². The van der Waals surface area contributed by atoms with Gasteiger partial charge in [0, 0.05) is 36.5 Å². The van der Waals surface area contributed by atoms with Crippen LogP contribution in [-0.4, -0.2) is 46.3 Å². The van der Waals surface area contributed by atoms with E-state index in [4.69, 9.17) is 4.42 Å². The van der Waals surface area contributed by atoms with E-state index in [1.54, 1.807) is 25.4 Å². The highest BCUT2D eigenvalue weighted by Gasteiger charge is 2.27. The Kier molecular flexibility index (Phi) is 6.50. The summed E-state index contributed by atoms with van der Waals surface area (Å²) in [5.74, 6) is 1.33. The molecule has 2 N–H and O–H groups in total. The highest BCUT2D eigenvalue weighted by molar-refractivity contribution is 5.93. The van der Waals surface area contributed by atoms with Crippen LogP contribution in [-0.2, 0) is 4.79 Å². The summed E-state index contributed by atoms with van der Waals surface area (Å²) in [4.78, 5) is 25.7. The van der Waals surface area contributed by atoms with Crippen molar-refractivity contribution in [2.75, 3.05) is 18.7 Å². The van der Waals surface area contributed by atoms with Crippen LogP contribution in [0.25, 0.3) is 22.4 Å². The van der Waals surface area contributed by atoms with E-state index in [0.717, 1.165) is 5.39 Å². The summed E-state index contributed by atoms with van der Waals surface area (Å²) in [6.07, 6.45) is 6.04. The van der Waals surface area contributed by atoms with Crippen LogP contribution in [0.2, 0.25) is 0 Å². The quantitative estimate of drug-likeness (QED) is 0.590. The number of halogens is 2. The van der Waals surface area contributed by atoms with Crippen molar-refractivity contribution < 1.29 is 18.0 Å². The summed E-state index contributed by atoms with van der Waals surface area (Å²) >= 11 is 0. The predicted molar refractivity (Wildman–Crippen MR) is 113 cm³/mol. The molecule has 9 heteroatoms. The average molecular weight is 429 g/mol. The van der Waals surface area contributed by atoms with Gasteiger partial charge in [0.2, 0.25) is 5.91 Å². The summed E-state index contributed by atoms with van der Waals surface area (Å²) in [6, 6.07) is 4.76. The van der Waals surface area contributed by atoms with Crippen LogP contribution >= 0.6 is 0 Å². The van der Waals surface area contributed by atoms with Gasteiger partial charge >= 0.3 is 0 Å². The van der Waals surface area contributed by atoms with E-state index in [1.807, 2.05) is 12.1 Å². The number of hydrogen-bond acceptors (Lipinski definition) is 6. The summed E-state index contributed by atoms with van der Waals surface area (Å²) in [5, 5.41) is 6.72. The van der Waals surface area contributed by atoms with Crippen LogP contribution in [0.3, 0.4) is 0 Å². The molecule has 7 nitrogen and oxygen atoms in total. The molecule has 1 saturated carbocycles. The first-order valence-corrected chi connectivity index (χ1v) is 10.4. The lowest BCUT2D eigenvalue weighted by Crippen LogP contribution is -2.44. The lowest BCUT2D eigenvalue weighted by molar-refractivity contribution is -0.120. The lowest BCUT2D eigenvalue weighted by Gasteiger charge is -2.30. The fourth-order valence-electron chi connectivity index (χ4n) is 3.92. The molecule has 164 valence electrons. The molecular formula is C22H25F2N5O2. The highest BCUT2D eigenvalue weighted by atomic mass is 19.1. The maximum Gasteiger partial charge on any atom is 0.228 e. The number of rotatable bonds is 7. The molecule has 0 bridgehead atoms. The number of aryl methyl sites for hydroxylation is 1. The van der Waals surface area contributed by atoms with Crippen LogP contribution in [0.4, 0.5) is 14.6 Å². The third kappa shape index (κ3) is 5.04. The summed E-state index contributed by atoms with van der Waals surface area (Å²) < 4.78 is 30.9. The van der Waals surface area contributed by atoms with Gasteiger partial charge in [-0.25, -0.2) is 23.7 Å². The summed E-state index contributed by atoms with van der Waals surface area (Å²) in [6.45, 7) is 0.318. The van der Waals surface area contributed by atoms with Crippen molar-refractivity contribution in [1.29, 1.82) is 0 Å². The largest absolute Gasteiger partial charge is 0.439 e. The first-order valence-electron chi connectivity index (χ1n) is 10.4. The Bertz CT molecular complexity index is 1050. The van der Waals surface area contributed by atoms with Crippen LogP contribution in [0, 0.1) is 12.8 Å². The zero-order valence-electron chi connectivity index (χ0n) is 17.3. The van der Waals surface area contributed by atoms with Gasteiger partial charge < -0.3 is 15.1 Å². The van der Waals surface area contributed by atoms with Crippen molar-refractivity contribution in [3.63, 3.8) is 0 Å². The minimum Gasteiger partial charge on any atom is -0.439 e.